The second kappa shape index (κ2) is 7.69. The fraction of sp³-hybridized carbons (Fsp3) is 0.250. The van der Waals surface area contributed by atoms with Crippen molar-refractivity contribution < 1.29 is 14.5 Å². The zero-order valence-corrected chi connectivity index (χ0v) is 14.1. The molecular formula is C16H17N3O4S. The van der Waals surface area contributed by atoms with Gasteiger partial charge in [-0.25, -0.2) is 0 Å². The molecule has 7 nitrogen and oxygen atoms in total. The molecule has 1 aromatic carbocycles. The summed E-state index contributed by atoms with van der Waals surface area (Å²) in [7, 11) is 0. The van der Waals surface area contributed by atoms with Gasteiger partial charge in [0.05, 0.1) is 14.7 Å². The number of carbonyl (C=O) groups excluding carboxylic acids is 2. The topological polar surface area (TPSA) is 101 Å². The van der Waals surface area contributed by atoms with Crippen LogP contribution in [0.1, 0.15) is 37.4 Å². The molecule has 0 unspecified atom stereocenters. The molecule has 0 fully saturated rings. The number of nitrogens with one attached hydrogen (secondary N) is 2. The van der Waals surface area contributed by atoms with Crippen molar-refractivity contribution in [2.24, 2.45) is 0 Å². The van der Waals surface area contributed by atoms with Gasteiger partial charge >= 0.3 is 0 Å². The van der Waals surface area contributed by atoms with Crippen LogP contribution in [0.5, 0.6) is 0 Å². The van der Waals surface area contributed by atoms with Gasteiger partial charge in [0.15, 0.2) is 0 Å². The second-order valence-electron chi connectivity index (χ2n) is 5.05. The summed E-state index contributed by atoms with van der Waals surface area (Å²) in [5.41, 5.74) is 1.24. The Labute approximate surface area is 142 Å². The predicted molar refractivity (Wildman–Crippen MR) is 91.3 cm³/mol. The lowest BCUT2D eigenvalue weighted by molar-refractivity contribution is -0.385. The average Bonchev–Trinajstić information content (AvgIpc) is 2.95. The van der Waals surface area contributed by atoms with Gasteiger partial charge < -0.3 is 10.6 Å². The number of hydrogen-bond donors (Lipinski definition) is 2. The lowest BCUT2D eigenvalue weighted by Crippen LogP contribution is -2.24. The maximum atomic E-state index is 12.1. The van der Waals surface area contributed by atoms with Crippen molar-refractivity contribution in [1.82, 2.24) is 10.6 Å². The van der Waals surface area contributed by atoms with Crippen molar-refractivity contribution in [2.75, 3.05) is 6.54 Å². The zero-order valence-electron chi connectivity index (χ0n) is 13.3. The maximum absolute atomic E-state index is 12.1. The van der Waals surface area contributed by atoms with Gasteiger partial charge in [-0.3, -0.25) is 19.7 Å². The molecule has 0 radical (unpaired) electrons. The molecule has 0 aliphatic rings. The van der Waals surface area contributed by atoms with Crippen LogP contribution in [0.25, 0.3) is 0 Å². The standard InChI is InChI=1S/C16H17N3O4S/c1-3-17-15(20)12-6-4-5-11(7-12)9-18-16(21)14-8-13(19(22)23)10(2)24-14/h4-8H,3,9H2,1-2H3,(H,17,20)(H,18,21). The zero-order chi connectivity index (χ0) is 17.7. The van der Waals surface area contributed by atoms with E-state index in [1.807, 2.05) is 6.92 Å². The van der Waals surface area contributed by atoms with Gasteiger partial charge in [-0.1, -0.05) is 12.1 Å². The molecule has 0 saturated heterocycles. The Bertz CT molecular complexity index is 785. The Kier molecular flexibility index (Phi) is 5.64. The van der Waals surface area contributed by atoms with Gasteiger partial charge in [0, 0.05) is 24.7 Å². The minimum absolute atomic E-state index is 0.0524. The van der Waals surface area contributed by atoms with Crippen molar-refractivity contribution in [3.05, 3.63) is 61.3 Å². The Morgan fingerprint density at radius 1 is 1.21 bits per heavy atom. The number of nitrogens with zero attached hydrogens (tertiary/aromatic N) is 1. The molecule has 0 spiro atoms. The molecule has 8 heteroatoms. The first kappa shape index (κ1) is 17.6. The number of aryl methyl sites for hydroxylation is 1. The number of rotatable bonds is 6. The third kappa shape index (κ3) is 4.17. The highest BCUT2D eigenvalue weighted by molar-refractivity contribution is 7.14. The van der Waals surface area contributed by atoms with Gasteiger partial charge in [-0.2, -0.15) is 0 Å². The first-order chi connectivity index (χ1) is 11.4. The van der Waals surface area contributed by atoms with Crippen molar-refractivity contribution in [1.29, 1.82) is 0 Å². The van der Waals surface area contributed by atoms with E-state index in [-0.39, 0.29) is 24.0 Å². The third-order valence-electron chi connectivity index (χ3n) is 3.29. The molecule has 0 bridgehead atoms. The summed E-state index contributed by atoms with van der Waals surface area (Å²) in [6, 6.07) is 8.22. The normalized spacial score (nSPS) is 10.2. The molecule has 2 rings (SSSR count). The summed E-state index contributed by atoms with van der Waals surface area (Å²) in [6.07, 6.45) is 0. The van der Waals surface area contributed by atoms with Crippen molar-refractivity contribution in [2.45, 2.75) is 20.4 Å². The van der Waals surface area contributed by atoms with E-state index in [0.717, 1.165) is 16.9 Å². The molecule has 0 aliphatic heterocycles. The van der Waals surface area contributed by atoms with E-state index in [1.165, 1.54) is 6.07 Å². The molecule has 2 amide bonds. The Hall–Kier alpha value is -2.74. The molecule has 1 heterocycles. The van der Waals surface area contributed by atoms with Crippen LogP contribution >= 0.6 is 11.3 Å². The number of benzene rings is 1. The number of amides is 2. The summed E-state index contributed by atoms with van der Waals surface area (Å²) in [6.45, 7) is 4.21. The summed E-state index contributed by atoms with van der Waals surface area (Å²) < 4.78 is 0. The van der Waals surface area contributed by atoms with Crippen molar-refractivity contribution >= 4 is 28.8 Å². The van der Waals surface area contributed by atoms with Gasteiger partial charge in [0.25, 0.3) is 17.5 Å². The average molecular weight is 347 g/mol. The molecule has 2 N–H and O–H groups in total. The molecule has 0 aliphatic carbocycles. The number of nitro groups is 1. The van der Waals surface area contributed by atoms with Crippen LogP contribution < -0.4 is 10.6 Å². The van der Waals surface area contributed by atoms with Crippen LogP contribution in [0.2, 0.25) is 0 Å². The number of thiophene rings is 1. The Morgan fingerprint density at radius 2 is 1.96 bits per heavy atom. The van der Waals surface area contributed by atoms with Crippen LogP contribution in [0.15, 0.2) is 30.3 Å². The molecule has 24 heavy (non-hydrogen) atoms. The van der Waals surface area contributed by atoms with Crippen LogP contribution in [0.4, 0.5) is 5.69 Å². The lowest BCUT2D eigenvalue weighted by Gasteiger charge is -2.06. The molecule has 0 atom stereocenters. The highest BCUT2D eigenvalue weighted by Crippen LogP contribution is 2.27. The summed E-state index contributed by atoms with van der Waals surface area (Å²) in [5, 5.41) is 16.3. The Morgan fingerprint density at radius 3 is 2.58 bits per heavy atom. The first-order valence-electron chi connectivity index (χ1n) is 7.32. The highest BCUT2D eigenvalue weighted by Gasteiger charge is 2.19. The highest BCUT2D eigenvalue weighted by atomic mass is 32.1. The molecule has 0 saturated carbocycles. The van der Waals surface area contributed by atoms with E-state index in [1.54, 1.807) is 31.2 Å². The van der Waals surface area contributed by atoms with Gasteiger partial charge in [0.1, 0.15) is 0 Å². The summed E-state index contributed by atoms with van der Waals surface area (Å²) in [4.78, 5) is 35.0. The number of hydrogen-bond acceptors (Lipinski definition) is 5. The third-order valence-corrected chi connectivity index (χ3v) is 4.33. The SMILES string of the molecule is CCNC(=O)c1cccc(CNC(=O)c2cc([N+](=O)[O-])c(C)s2)c1. The van der Waals surface area contributed by atoms with Crippen molar-refractivity contribution in [3.8, 4) is 0 Å². The van der Waals surface area contributed by atoms with Gasteiger partial charge in [-0.05, 0) is 31.5 Å². The van der Waals surface area contributed by atoms with Crippen molar-refractivity contribution in [3.63, 3.8) is 0 Å². The largest absolute Gasteiger partial charge is 0.352 e. The van der Waals surface area contributed by atoms with E-state index in [0.29, 0.717) is 21.9 Å². The van der Waals surface area contributed by atoms with Crippen LogP contribution in [0.3, 0.4) is 0 Å². The van der Waals surface area contributed by atoms with Crippen LogP contribution in [-0.4, -0.2) is 23.3 Å². The van der Waals surface area contributed by atoms with E-state index in [9.17, 15) is 19.7 Å². The van der Waals surface area contributed by atoms with Crippen LogP contribution in [0, 0.1) is 17.0 Å². The Balaban J connectivity index is 2.04. The van der Waals surface area contributed by atoms with Gasteiger partial charge in [-0.15, -0.1) is 11.3 Å². The smallest absolute Gasteiger partial charge is 0.283 e. The minimum Gasteiger partial charge on any atom is -0.352 e. The summed E-state index contributed by atoms with van der Waals surface area (Å²) >= 11 is 1.08. The van der Waals surface area contributed by atoms with Crippen LogP contribution in [-0.2, 0) is 6.54 Å². The lowest BCUT2D eigenvalue weighted by atomic mass is 10.1. The first-order valence-corrected chi connectivity index (χ1v) is 8.14. The predicted octanol–water partition coefficient (Wildman–Crippen LogP) is 2.64. The van der Waals surface area contributed by atoms with E-state index in [4.69, 9.17) is 0 Å². The quantitative estimate of drug-likeness (QED) is 0.619. The van der Waals surface area contributed by atoms with E-state index >= 15 is 0 Å². The fourth-order valence-electron chi connectivity index (χ4n) is 2.12. The van der Waals surface area contributed by atoms with E-state index in [2.05, 4.69) is 10.6 Å². The minimum atomic E-state index is -0.502. The fourth-order valence-corrected chi connectivity index (χ4v) is 3.02. The number of carbonyl (C=O) groups is 2. The second-order valence-corrected chi connectivity index (χ2v) is 6.31. The molecular weight excluding hydrogens is 330 g/mol. The molecule has 2 aromatic rings. The van der Waals surface area contributed by atoms with E-state index < -0.39 is 4.92 Å². The molecule has 1 aromatic heterocycles. The monoisotopic (exact) mass is 347 g/mol. The molecule has 126 valence electrons. The summed E-state index contributed by atoms with van der Waals surface area (Å²) in [5.74, 6) is -0.546. The van der Waals surface area contributed by atoms with Gasteiger partial charge in [0.2, 0.25) is 0 Å². The maximum Gasteiger partial charge on any atom is 0.283 e.